The highest BCUT2D eigenvalue weighted by atomic mass is 14.8. The van der Waals surface area contributed by atoms with Crippen molar-refractivity contribution in [2.45, 2.75) is 19.3 Å². The molecule has 0 aliphatic heterocycles. The molecule has 1 heterocycles. The summed E-state index contributed by atoms with van der Waals surface area (Å²) in [5, 5.41) is 8.43. The third-order valence-corrected chi connectivity index (χ3v) is 4.10. The van der Waals surface area contributed by atoms with Gasteiger partial charge in [0.2, 0.25) is 0 Å². The van der Waals surface area contributed by atoms with E-state index >= 15 is 0 Å². The molecule has 1 aliphatic carbocycles. The number of hydrogen-bond acceptors (Lipinski definition) is 3. The summed E-state index contributed by atoms with van der Waals surface area (Å²) in [5.74, 6) is 0.380. The van der Waals surface area contributed by atoms with Crippen LogP contribution in [0.25, 0.3) is 11.0 Å². The molecule has 0 spiro atoms. The lowest BCUT2D eigenvalue weighted by Crippen LogP contribution is -2.11. The van der Waals surface area contributed by atoms with Crippen LogP contribution in [0, 0.1) is 11.3 Å². The first kappa shape index (κ1) is 13.1. The van der Waals surface area contributed by atoms with Crippen LogP contribution >= 0.6 is 0 Å². The van der Waals surface area contributed by atoms with Crippen LogP contribution in [0.4, 0.5) is 0 Å². The second-order valence-corrected chi connectivity index (χ2v) is 5.86. The SMILES string of the molecule is N=C(c1nc2ccccc2nc1Cc1ccccc1)C1CC1. The van der Waals surface area contributed by atoms with E-state index in [1.54, 1.807) is 0 Å². The van der Waals surface area contributed by atoms with Crippen molar-refractivity contribution in [2.24, 2.45) is 5.92 Å². The Hall–Kier alpha value is -2.55. The van der Waals surface area contributed by atoms with E-state index in [-0.39, 0.29) is 0 Å². The normalized spacial score (nSPS) is 14.2. The van der Waals surface area contributed by atoms with Gasteiger partial charge in [-0.3, -0.25) is 0 Å². The summed E-state index contributed by atoms with van der Waals surface area (Å²) in [6.45, 7) is 0. The molecule has 3 heteroatoms. The monoisotopic (exact) mass is 287 g/mol. The van der Waals surface area contributed by atoms with E-state index in [1.807, 2.05) is 42.5 Å². The zero-order chi connectivity index (χ0) is 14.9. The maximum absolute atomic E-state index is 8.43. The lowest BCUT2D eigenvalue weighted by Gasteiger charge is -2.10. The van der Waals surface area contributed by atoms with Gasteiger partial charge in [-0.05, 0) is 30.5 Å². The minimum Gasteiger partial charge on any atom is -0.303 e. The van der Waals surface area contributed by atoms with Crippen LogP contribution in [-0.4, -0.2) is 15.7 Å². The second-order valence-electron chi connectivity index (χ2n) is 5.86. The molecular weight excluding hydrogens is 270 g/mol. The van der Waals surface area contributed by atoms with Gasteiger partial charge in [0.05, 0.1) is 22.4 Å². The summed E-state index contributed by atoms with van der Waals surface area (Å²) in [7, 11) is 0. The molecule has 1 N–H and O–H groups in total. The topological polar surface area (TPSA) is 49.6 Å². The van der Waals surface area contributed by atoms with Crippen molar-refractivity contribution in [3.05, 3.63) is 71.5 Å². The minimum absolute atomic E-state index is 0.380. The molecule has 108 valence electrons. The molecule has 3 aromatic rings. The van der Waals surface area contributed by atoms with Crippen LogP contribution in [0.3, 0.4) is 0 Å². The molecule has 1 saturated carbocycles. The van der Waals surface area contributed by atoms with E-state index in [9.17, 15) is 0 Å². The average molecular weight is 287 g/mol. The van der Waals surface area contributed by atoms with E-state index in [4.69, 9.17) is 15.4 Å². The first-order chi connectivity index (χ1) is 10.8. The molecular formula is C19H17N3. The maximum Gasteiger partial charge on any atom is 0.107 e. The molecule has 3 nitrogen and oxygen atoms in total. The van der Waals surface area contributed by atoms with Gasteiger partial charge in [-0.15, -0.1) is 0 Å². The smallest absolute Gasteiger partial charge is 0.107 e. The van der Waals surface area contributed by atoms with E-state index < -0.39 is 0 Å². The van der Waals surface area contributed by atoms with Gasteiger partial charge in [0.1, 0.15) is 5.69 Å². The Labute approximate surface area is 129 Å². The van der Waals surface area contributed by atoms with Gasteiger partial charge in [-0.1, -0.05) is 42.5 Å². The van der Waals surface area contributed by atoms with E-state index in [0.29, 0.717) is 11.6 Å². The first-order valence-electron chi connectivity index (χ1n) is 7.69. The fourth-order valence-corrected chi connectivity index (χ4v) is 2.73. The molecule has 22 heavy (non-hydrogen) atoms. The van der Waals surface area contributed by atoms with Crippen LogP contribution in [0.1, 0.15) is 29.8 Å². The minimum atomic E-state index is 0.380. The molecule has 0 radical (unpaired) electrons. The fourth-order valence-electron chi connectivity index (χ4n) is 2.73. The van der Waals surface area contributed by atoms with Crippen molar-refractivity contribution >= 4 is 16.7 Å². The summed E-state index contributed by atoms with van der Waals surface area (Å²) in [6.07, 6.45) is 2.94. The summed E-state index contributed by atoms with van der Waals surface area (Å²) < 4.78 is 0. The Kier molecular flexibility index (Phi) is 3.19. The van der Waals surface area contributed by atoms with Gasteiger partial charge in [0.25, 0.3) is 0 Å². The van der Waals surface area contributed by atoms with Gasteiger partial charge in [-0.2, -0.15) is 0 Å². The van der Waals surface area contributed by atoms with Crippen LogP contribution in [0.15, 0.2) is 54.6 Å². The number of rotatable bonds is 4. The van der Waals surface area contributed by atoms with Crippen LogP contribution in [-0.2, 0) is 6.42 Å². The van der Waals surface area contributed by atoms with Crippen molar-refractivity contribution in [1.82, 2.24) is 9.97 Å². The Bertz CT molecular complexity index is 836. The van der Waals surface area contributed by atoms with Crippen molar-refractivity contribution in [1.29, 1.82) is 5.41 Å². The number of benzene rings is 2. The van der Waals surface area contributed by atoms with Gasteiger partial charge in [0, 0.05) is 12.3 Å². The molecule has 1 aliphatic rings. The Morgan fingerprint density at radius 2 is 1.55 bits per heavy atom. The number of aromatic nitrogens is 2. The number of nitrogens with one attached hydrogen (secondary N) is 1. The molecule has 4 rings (SSSR count). The predicted octanol–water partition coefficient (Wildman–Crippen LogP) is 4.00. The third-order valence-electron chi connectivity index (χ3n) is 4.10. The molecule has 0 amide bonds. The highest BCUT2D eigenvalue weighted by molar-refractivity contribution is 6.01. The van der Waals surface area contributed by atoms with Crippen LogP contribution in [0.5, 0.6) is 0 Å². The molecule has 1 fully saturated rings. The lowest BCUT2D eigenvalue weighted by molar-refractivity contribution is 1.03. The quantitative estimate of drug-likeness (QED) is 0.737. The highest BCUT2D eigenvalue weighted by Crippen LogP contribution is 2.33. The number of nitrogens with zero attached hydrogens (tertiary/aromatic N) is 2. The Morgan fingerprint density at radius 3 is 2.23 bits per heavy atom. The average Bonchev–Trinajstić information content (AvgIpc) is 3.39. The van der Waals surface area contributed by atoms with Crippen LogP contribution < -0.4 is 0 Å². The molecule has 0 saturated heterocycles. The van der Waals surface area contributed by atoms with Crippen LogP contribution in [0.2, 0.25) is 0 Å². The second kappa shape index (κ2) is 5.34. The molecule has 2 aromatic carbocycles. The van der Waals surface area contributed by atoms with Gasteiger partial charge in [-0.25, -0.2) is 9.97 Å². The Balaban J connectivity index is 1.82. The zero-order valence-corrected chi connectivity index (χ0v) is 12.3. The van der Waals surface area contributed by atoms with Gasteiger partial charge < -0.3 is 5.41 Å². The summed E-state index contributed by atoms with van der Waals surface area (Å²) in [6, 6.07) is 18.2. The highest BCUT2D eigenvalue weighted by Gasteiger charge is 2.30. The predicted molar refractivity (Wildman–Crippen MR) is 88.3 cm³/mol. The third kappa shape index (κ3) is 2.50. The summed E-state index contributed by atoms with van der Waals surface area (Å²) in [4.78, 5) is 9.54. The van der Waals surface area contributed by atoms with E-state index in [1.165, 1.54) is 5.56 Å². The maximum atomic E-state index is 8.43. The number of fused-ring (bicyclic) bond motifs is 1. The van der Waals surface area contributed by atoms with Crippen molar-refractivity contribution in [3.8, 4) is 0 Å². The molecule has 0 bridgehead atoms. The summed E-state index contributed by atoms with van der Waals surface area (Å²) in [5.41, 5.74) is 5.34. The van der Waals surface area contributed by atoms with Gasteiger partial charge >= 0.3 is 0 Å². The van der Waals surface area contributed by atoms with Crippen molar-refractivity contribution in [2.75, 3.05) is 0 Å². The lowest BCUT2D eigenvalue weighted by atomic mass is 10.0. The summed E-state index contributed by atoms with van der Waals surface area (Å²) >= 11 is 0. The standard InChI is InChI=1S/C19H17N3/c20-18(14-10-11-14)19-17(12-13-6-2-1-3-7-13)21-15-8-4-5-9-16(15)22-19/h1-9,14,20H,10-12H2. The van der Waals surface area contributed by atoms with Gasteiger partial charge in [0.15, 0.2) is 0 Å². The molecule has 0 unspecified atom stereocenters. The van der Waals surface area contributed by atoms with E-state index in [0.717, 1.165) is 41.7 Å². The number of para-hydroxylation sites is 2. The Morgan fingerprint density at radius 1 is 0.909 bits per heavy atom. The van der Waals surface area contributed by atoms with Crippen molar-refractivity contribution in [3.63, 3.8) is 0 Å². The fraction of sp³-hybridized carbons (Fsp3) is 0.211. The molecule has 0 atom stereocenters. The first-order valence-corrected chi connectivity index (χ1v) is 7.69. The largest absolute Gasteiger partial charge is 0.303 e. The van der Waals surface area contributed by atoms with Crippen molar-refractivity contribution < 1.29 is 0 Å². The molecule has 1 aromatic heterocycles. The zero-order valence-electron chi connectivity index (χ0n) is 12.3. The van der Waals surface area contributed by atoms with E-state index in [2.05, 4.69) is 12.1 Å². The number of hydrogen-bond donors (Lipinski definition) is 1.